The van der Waals surface area contributed by atoms with E-state index in [2.05, 4.69) is 4.98 Å². The van der Waals surface area contributed by atoms with Gasteiger partial charge in [-0.15, -0.1) is 0 Å². The van der Waals surface area contributed by atoms with E-state index in [4.69, 9.17) is 9.47 Å². The van der Waals surface area contributed by atoms with Gasteiger partial charge in [0.15, 0.2) is 0 Å². The maximum absolute atomic E-state index is 12.8. The van der Waals surface area contributed by atoms with Gasteiger partial charge in [-0.1, -0.05) is 12.1 Å². The Balaban J connectivity index is 1.33. The van der Waals surface area contributed by atoms with Crippen molar-refractivity contribution in [2.75, 3.05) is 26.3 Å². The van der Waals surface area contributed by atoms with Gasteiger partial charge < -0.3 is 19.4 Å². The second kappa shape index (κ2) is 6.95. The predicted octanol–water partition coefficient (Wildman–Crippen LogP) is 2.97. The second-order valence-electron chi connectivity index (χ2n) is 6.71. The monoisotopic (exact) mass is 328 g/mol. The number of likely N-dealkylation sites (tertiary alicyclic amines) is 1. The van der Waals surface area contributed by atoms with Gasteiger partial charge in [0.25, 0.3) is 5.91 Å². The van der Waals surface area contributed by atoms with Gasteiger partial charge in [-0.3, -0.25) is 4.79 Å². The molecule has 0 bridgehead atoms. The van der Waals surface area contributed by atoms with Crippen LogP contribution in [0.1, 0.15) is 36.0 Å². The van der Waals surface area contributed by atoms with Crippen molar-refractivity contribution in [2.45, 2.75) is 37.9 Å². The van der Waals surface area contributed by atoms with Crippen LogP contribution in [-0.2, 0) is 9.47 Å². The fourth-order valence-electron chi connectivity index (χ4n) is 3.68. The smallest absolute Gasteiger partial charge is 0.255 e. The molecular weight excluding hydrogens is 304 g/mol. The van der Waals surface area contributed by atoms with E-state index in [0.29, 0.717) is 6.61 Å². The molecule has 4 rings (SSSR count). The lowest BCUT2D eigenvalue weighted by molar-refractivity contribution is -0.0395. The van der Waals surface area contributed by atoms with Crippen molar-refractivity contribution >= 4 is 16.8 Å². The van der Waals surface area contributed by atoms with Crippen molar-refractivity contribution in [3.63, 3.8) is 0 Å². The fourth-order valence-corrected chi connectivity index (χ4v) is 3.68. The van der Waals surface area contributed by atoms with Crippen LogP contribution in [0.15, 0.2) is 30.5 Å². The lowest BCUT2D eigenvalue weighted by atomic mass is 10.0. The molecule has 2 aliphatic rings. The molecule has 128 valence electrons. The molecule has 2 aromatic rings. The van der Waals surface area contributed by atoms with Crippen LogP contribution >= 0.6 is 0 Å². The minimum atomic E-state index is 0.112. The molecule has 3 heterocycles. The zero-order chi connectivity index (χ0) is 16.4. The quantitative estimate of drug-likeness (QED) is 0.939. The Labute approximate surface area is 141 Å². The molecule has 1 amide bonds. The summed E-state index contributed by atoms with van der Waals surface area (Å²) in [5, 5.41) is 1.08. The summed E-state index contributed by atoms with van der Waals surface area (Å²) in [6.45, 7) is 3.07. The number of carbonyl (C=O) groups excluding carboxylic acids is 1. The van der Waals surface area contributed by atoms with Crippen LogP contribution in [0, 0.1) is 0 Å². The first-order valence-electron chi connectivity index (χ1n) is 8.90. The van der Waals surface area contributed by atoms with Gasteiger partial charge in [0.2, 0.25) is 0 Å². The number of aromatic nitrogens is 1. The van der Waals surface area contributed by atoms with Gasteiger partial charge >= 0.3 is 0 Å². The summed E-state index contributed by atoms with van der Waals surface area (Å²) < 4.78 is 11.6. The Morgan fingerprint density at radius 2 is 2.12 bits per heavy atom. The van der Waals surface area contributed by atoms with Crippen LogP contribution in [0.25, 0.3) is 10.9 Å². The number of rotatable bonds is 4. The maximum Gasteiger partial charge on any atom is 0.255 e. The van der Waals surface area contributed by atoms with E-state index in [1.165, 1.54) is 0 Å². The number of hydrogen-bond donors (Lipinski definition) is 1. The number of nitrogens with one attached hydrogen (secondary N) is 1. The molecule has 1 atom stereocenters. The Hall–Kier alpha value is -1.85. The fraction of sp³-hybridized carbons (Fsp3) is 0.526. The topological polar surface area (TPSA) is 54.6 Å². The molecule has 1 N–H and O–H groups in total. The molecule has 5 heteroatoms. The molecular formula is C19H24N2O3. The average molecular weight is 328 g/mol. The van der Waals surface area contributed by atoms with E-state index >= 15 is 0 Å². The first kappa shape index (κ1) is 15.7. The molecule has 0 radical (unpaired) electrons. The van der Waals surface area contributed by atoms with Gasteiger partial charge in [0, 0.05) is 31.3 Å². The standard InChI is InChI=1S/C19H24N2O3/c22-19(17-5-1-3-14-6-9-20-18(14)17)21-10-7-15(8-11-21)24-13-16-4-2-12-23-16/h1,3,5-6,9,15-16,20H,2,4,7-8,10-13H2/t16-/m0/s1. The number of aromatic amines is 1. The highest BCUT2D eigenvalue weighted by Crippen LogP contribution is 2.22. The maximum atomic E-state index is 12.8. The van der Waals surface area contributed by atoms with E-state index in [-0.39, 0.29) is 18.1 Å². The lowest BCUT2D eigenvalue weighted by Crippen LogP contribution is -2.41. The van der Waals surface area contributed by atoms with Crippen molar-refractivity contribution in [2.24, 2.45) is 0 Å². The normalized spacial score (nSPS) is 22.3. The SMILES string of the molecule is O=C(c1cccc2cc[nH]c12)N1CCC(OC[C@@H]2CCCO2)CC1. The van der Waals surface area contributed by atoms with E-state index in [9.17, 15) is 4.79 Å². The molecule has 2 saturated heterocycles. The van der Waals surface area contributed by atoms with Gasteiger partial charge in [-0.05, 0) is 37.8 Å². The molecule has 0 unspecified atom stereocenters. The summed E-state index contributed by atoms with van der Waals surface area (Å²) in [5.74, 6) is 0.112. The van der Waals surface area contributed by atoms with Crippen molar-refractivity contribution < 1.29 is 14.3 Å². The first-order chi connectivity index (χ1) is 11.8. The van der Waals surface area contributed by atoms with Crippen molar-refractivity contribution in [3.8, 4) is 0 Å². The third kappa shape index (κ3) is 3.19. The van der Waals surface area contributed by atoms with Crippen LogP contribution in [0.4, 0.5) is 0 Å². The minimum absolute atomic E-state index is 0.112. The Kier molecular flexibility index (Phi) is 4.54. The summed E-state index contributed by atoms with van der Waals surface area (Å²) in [5.41, 5.74) is 1.69. The molecule has 2 aliphatic heterocycles. The number of fused-ring (bicyclic) bond motifs is 1. The number of amides is 1. The van der Waals surface area contributed by atoms with E-state index in [0.717, 1.165) is 61.8 Å². The van der Waals surface area contributed by atoms with E-state index < -0.39 is 0 Å². The summed E-state index contributed by atoms with van der Waals surface area (Å²) in [6, 6.07) is 7.87. The summed E-state index contributed by atoms with van der Waals surface area (Å²) in [4.78, 5) is 18.0. The molecule has 0 spiro atoms. The number of H-pyrrole nitrogens is 1. The Morgan fingerprint density at radius 1 is 1.25 bits per heavy atom. The molecule has 1 aromatic heterocycles. The van der Waals surface area contributed by atoms with Crippen LogP contribution in [0.2, 0.25) is 0 Å². The predicted molar refractivity (Wildman–Crippen MR) is 92.2 cm³/mol. The van der Waals surface area contributed by atoms with Crippen molar-refractivity contribution in [1.29, 1.82) is 0 Å². The second-order valence-corrected chi connectivity index (χ2v) is 6.71. The highest BCUT2D eigenvalue weighted by molar-refractivity contribution is 6.05. The molecule has 1 aromatic carbocycles. The van der Waals surface area contributed by atoms with Gasteiger partial charge in [0.05, 0.1) is 29.9 Å². The Morgan fingerprint density at radius 3 is 2.92 bits per heavy atom. The van der Waals surface area contributed by atoms with E-state index in [1.807, 2.05) is 35.4 Å². The summed E-state index contributed by atoms with van der Waals surface area (Å²) >= 11 is 0. The number of para-hydroxylation sites is 1. The third-order valence-corrected chi connectivity index (χ3v) is 5.09. The summed E-state index contributed by atoms with van der Waals surface area (Å²) in [7, 11) is 0. The van der Waals surface area contributed by atoms with Crippen molar-refractivity contribution in [1.82, 2.24) is 9.88 Å². The van der Waals surface area contributed by atoms with Crippen molar-refractivity contribution in [3.05, 3.63) is 36.0 Å². The number of ether oxygens (including phenoxy) is 2. The van der Waals surface area contributed by atoms with Crippen LogP contribution in [0.5, 0.6) is 0 Å². The van der Waals surface area contributed by atoms with Crippen LogP contribution in [-0.4, -0.2) is 54.3 Å². The molecule has 24 heavy (non-hydrogen) atoms. The number of piperidine rings is 1. The molecule has 2 fully saturated rings. The zero-order valence-electron chi connectivity index (χ0n) is 13.9. The first-order valence-corrected chi connectivity index (χ1v) is 8.90. The highest BCUT2D eigenvalue weighted by Gasteiger charge is 2.26. The molecule has 0 saturated carbocycles. The van der Waals surface area contributed by atoms with Gasteiger partial charge in [-0.2, -0.15) is 0 Å². The number of hydrogen-bond acceptors (Lipinski definition) is 3. The number of carbonyl (C=O) groups is 1. The molecule has 0 aliphatic carbocycles. The third-order valence-electron chi connectivity index (χ3n) is 5.09. The largest absolute Gasteiger partial charge is 0.376 e. The van der Waals surface area contributed by atoms with E-state index in [1.54, 1.807) is 0 Å². The average Bonchev–Trinajstić information content (AvgIpc) is 3.31. The highest BCUT2D eigenvalue weighted by atomic mass is 16.5. The van der Waals surface area contributed by atoms with Gasteiger partial charge in [-0.25, -0.2) is 0 Å². The van der Waals surface area contributed by atoms with Crippen LogP contribution in [0.3, 0.4) is 0 Å². The van der Waals surface area contributed by atoms with Crippen LogP contribution < -0.4 is 0 Å². The lowest BCUT2D eigenvalue weighted by Gasteiger charge is -2.32. The molecule has 5 nitrogen and oxygen atoms in total. The zero-order valence-corrected chi connectivity index (χ0v) is 13.9. The van der Waals surface area contributed by atoms with Gasteiger partial charge in [0.1, 0.15) is 0 Å². The summed E-state index contributed by atoms with van der Waals surface area (Å²) in [6.07, 6.45) is 6.46. The Bertz CT molecular complexity index is 697. The number of nitrogens with zero attached hydrogens (tertiary/aromatic N) is 1. The number of benzene rings is 1. The minimum Gasteiger partial charge on any atom is -0.376 e.